The summed E-state index contributed by atoms with van der Waals surface area (Å²) in [7, 11) is 0. The maximum Gasteiger partial charge on any atom is 0.137 e. The lowest BCUT2D eigenvalue weighted by atomic mass is 10.1. The van der Waals surface area contributed by atoms with Crippen molar-refractivity contribution in [2.45, 2.75) is 13.3 Å². The number of rotatable bonds is 2. The lowest BCUT2D eigenvalue weighted by Crippen LogP contribution is -1.87. The van der Waals surface area contributed by atoms with Crippen LogP contribution in [0.2, 0.25) is 0 Å². The van der Waals surface area contributed by atoms with Gasteiger partial charge in [-0.15, -0.1) is 0 Å². The Balaban J connectivity index is 2.03. The molecule has 3 aromatic heterocycles. The molecule has 0 atom stereocenters. The Morgan fingerprint density at radius 3 is 3.06 bits per heavy atom. The van der Waals surface area contributed by atoms with Crippen LogP contribution in [0.25, 0.3) is 11.0 Å². The van der Waals surface area contributed by atoms with Crippen molar-refractivity contribution < 1.29 is 0 Å². The molecule has 0 bridgehead atoms. The summed E-state index contributed by atoms with van der Waals surface area (Å²) in [5.74, 6) is 0. The van der Waals surface area contributed by atoms with E-state index >= 15 is 0 Å². The molecule has 3 rings (SSSR count). The van der Waals surface area contributed by atoms with E-state index in [1.165, 1.54) is 22.1 Å². The molecule has 0 aliphatic rings. The lowest BCUT2D eigenvalue weighted by molar-refractivity contribution is 1.15. The molecule has 3 aromatic rings. The van der Waals surface area contributed by atoms with E-state index < -0.39 is 0 Å². The van der Waals surface area contributed by atoms with Gasteiger partial charge in [0.2, 0.25) is 0 Å². The largest absolute Gasteiger partial charge is 0.346 e. The molecule has 0 radical (unpaired) electrons. The molecule has 0 aromatic carbocycles. The van der Waals surface area contributed by atoms with Gasteiger partial charge in [-0.05, 0) is 35.7 Å². The first-order valence-electron chi connectivity index (χ1n) is 5.64. The molecule has 0 saturated carbocycles. The Morgan fingerprint density at radius 2 is 2.24 bits per heavy atom. The second-order valence-corrected chi connectivity index (χ2v) is 4.26. The Bertz CT molecular complexity index is 641. The molecular weight excluding hydrogens is 210 g/mol. The topological polar surface area (TPSA) is 41.6 Å². The van der Waals surface area contributed by atoms with Crippen molar-refractivity contribution in [2.75, 3.05) is 0 Å². The van der Waals surface area contributed by atoms with E-state index in [0.717, 1.165) is 12.1 Å². The number of pyridine rings is 2. The highest BCUT2D eigenvalue weighted by atomic mass is 14.8. The third-order valence-electron chi connectivity index (χ3n) is 2.87. The monoisotopic (exact) mass is 223 g/mol. The number of hydrogen-bond acceptors (Lipinski definition) is 2. The van der Waals surface area contributed by atoms with Gasteiger partial charge in [0.25, 0.3) is 0 Å². The zero-order chi connectivity index (χ0) is 11.7. The zero-order valence-corrected chi connectivity index (χ0v) is 9.64. The van der Waals surface area contributed by atoms with Crippen molar-refractivity contribution in [3.05, 3.63) is 59.7 Å². The number of aryl methyl sites for hydroxylation is 1. The molecule has 3 heteroatoms. The van der Waals surface area contributed by atoms with Crippen LogP contribution >= 0.6 is 0 Å². The van der Waals surface area contributed by atoms with Crippen LogP contribution in [0.5, 0.6) is 0 Å². The van der Waals surface area contributed by atoms with Gasteiger partial charge < -0.3 is 4.98 Å². The zero-order valence-electron chi connectivity index (χ0n) is 9.64. The predicted molar refractivity (Wildman–Crippen MR) is 67.9 cm³/mol. The van der Waals surface area contributed by atoms with Crippen molar-refractivity contribution in [3.8, 4) is 0 Å². The summed E-state index contributed by atoms with van der Waals surface area (Å²) in [5.41, 5.74) is 4.62. The van der Waals surface area contributed by atoms with Crippen LogP contribution in [0.15, 0.2) is 43.0 Å². The third-order valence-corrected chi connectivity index (χ3v) is 2.87. The average molecular weight is 223 g/mol. The Kier molecular flexibility index (Phi) is 2.37. The fraction of sp³-hybridized carbons (Fsp3) is 0.143. The molecule has 1 N–H and O–H groups in total. The maximum atomic E-state index is 4.37. The van der Waals surface area contributed by atoms with Crippen molar-refractivity contribution in [2.24, 2.45) is 0 Å². The summed E-state index contributed by atoms with van der Waals surface area (Å²) in [6.45, 7) is 2.06. The number of aromatic amines is 1. The Labute approximate surface area is 99.5 Å². The van der Waals surface area contributed by atoms with Gasteiger partial charge in [-0.3, -0.25) is 4.98 Å². The van der Waals surface area contributed by atoms with Gasteiger partial charge in [-0.2, -0.15) is 0 Å². The van der Waals surface area contributed by atoms with Gasteiger partial charge in [0, 0.05) is 36.6 Å². The lowest BCUT2D eigenvalue weighted by Gasteiger charge is -1.99. The minimum absolute atomic E-state index is 0.888. The molecule has 0 aliphatic heterocycles. The minimum Gasteiger partial charge on any atom is -0.346 e. The number of H-pyrrole nitrogens is 1. The van der Waals surface area contributed by atoms with Crippen LogP contribution in [0.4, 0.5) is 0 Å². The molecule has 17 heavy (non-hydrogen) atoms. The van der Waals surface area contributed by atoms with Crippen LogP contribution in [0.3, 0.4) is 0 Å². The Morgan fingerprint density at radius 1 is 1.29 bits per heavy atom. The fourth-order valence-electron chi connectivity index (χ4n) is 2.03. The Hall–Kier alpha value is -2.16. The SMILES string of the molecule is Cc1cnc2[nH]cc(Cc3cccnc3)c2c1. The van der Waals surface area contributed by atoms with Crippen molar-refractivity contribution in [1.29, 1.82) is 0 Å². The molecule has 0 spiro atoms. The number of fused-ring (bicyclic) bond motifs is 1. The van der Waals surface area contributed by atoms with E-state index in [4.69, 9.17) is 0 Å². The van der Waals surface area contributed by atoms with Crippen molar-refractivity contribution in [3.63, 3.8) is 0 Å². The molecular formula is C14H13N3. The van der Waals surface area contributed by atoms with Gasteiger partial charge in [0.05, 0.1) is 0 Å². The normalized spacial score (nSPS) is 10.9. The van der Waals surface area contributed by atoms with E-state index in [1.807, 2.05) is 24.7 Å². The predicted octanol–water partition coefficient (Wildman–Crippen LogP) is 2.86. The first kappa shape index (κ1) is 10.0. The molecule has 0 amide bonds. The van der Waals surface area contributed by atoms with Gasteiger partial charge in [-0.1, -0.05) is 6.07 Å². The molecule has 0 saturated heterocycles. The van der Waals surface area contributed by atoms with Crippen molar-refractivity contribution >= 4 is 11.0 Å². The highest BCUT2D eigenvalue weighted by molar-refractivity contribution is 5.80. The van der Waals surface area contributed by atoms with Gasteiger partial charge in [0.15, 0.2) is 0 Å². The van der Waals surface area contributed by atoms with Crippen LogP contribution in [0, 0.1) is 6.92 Å². The van der Waals surface area contributed by atoms with Crippen molar-refractivity contribution in [1.82, 2.24) is 15.0 Å². The summed E-state index contributed by atoms with van der Waals surface area (Å²) in [5, 5.41) is 1.20. The molecule has 0 unspecified atom stereocenters. The van der Waals surface area contributed by atoms with E-state index in [0.29, 0.717) is 0 Å². The third kappa shape index (κ3) is 1.91. The van der Waals surface area contributed by atoms with Crippen LogP contribution in [-0.4, -0.2) is 15.0 Å². The maximum absolute atomic E-state index is 4.37. The molecule has 84 valence electrons. The summed E-state index contributed by atoms with van der Waals surface area (Å²) >= 11 is 0. The van der Waals surface area contributed by atoms with Crippen LogP contribution in [0.1, 0.15) is 16.7 Å². The van der Waals surface area contributed by atoms with E-state index in [2.05, 4.69) is 34.0 Å². The highest BCUT2D eigenvalue weighted by Gasteiger charge is 2.05. The second kappa shape index (κ2) is 4.01. The standard InChI is InChI=1S/C14H13N3/c1-10-5-13-12(9-17-14(13)16-7-10)6-11-3-2-4-15-8-11/h2-5,7-9H,6H2,1H3,(H,16,17). The first-order valence-corrected chi connectivity index (χ1v) is 5.64. The highest BCUT2D eigenvalue weighted by Crippen LogP contribution is 2.20. The number of hydrogen-bond donors (Lipinski definition) is 1. The molecule has 0 aliphatic carbocycles. The fourth-order valence-corrected chi connectivity index (χ4v) is 2.03. The van der Waals surface area contributed by atoms with E-state index in [1.54, 1.807) is 6.20 Å². The molecule has 3 nitrogen and oxygen atoms in total. The second-order valence-electron chi connectivity index (χ2n) is 4.26. The summed E-state index contributed by atoms with van der Waals surface area (Å²) < 4.78 is 0. The minimum atomic E-state index is 0.888. The van der Waals surface area contributed by atoms with Gasteiger partial charge in [-0.25, -0.2) is 4.98 Å². The summed E-state index contributed by atoms with van der Waals surface area (Å²) in [6.07, 6.45) is 8.50. The van der Waals surface area contributed by atoms with E-state index in [9.17, 15) is 0 Å². The van der Waals surface area contributed by atoms with Crippen LogP contribution in [-0.2, 0) is 6.42 Å². The number of nitrogens with zero attached hydrogens (tertiary/aromatic N) is 2. The van der Waals surface area contributed by atoms with Gasteiger partial charge >= 0.3 is 0 Å². The van der Waals surface area contributed by atoms with E-state index in [-0.39, 0.29) is 0 Å². The summed E-state index contributed by atoms with van der Waals surface area (Å²) in [4.78, 5) is 11.7. The van der Waals surface area contributed by atoms with Gasteiger partial charge in [0.1, 0.15) is 5.65 Å². The first-order chi connectivity index (χ1) is 8.33. The summed E-state index contributed by atoms with van der Waals surface area (Å²) in [6, 6.07) is 6.23. The molecule has 0 fully saturated rings. The number of aromatic nitrogens is 3. The van der Waals surface area contributed by atoms with Crippen LogP contribution < -0.4 is 0 Å². The smallest absolute Gasteiger partial charge is 0.137 e. The average Bonchev–Trinajstić information content (AvgIpc) is 2.73. The number of nitrogens with one attached hydrogen (secondary N) is 1. The molecule has 3 heterocycles. The quantitative estimate of drug-likeness (QED) is 0.725.